The van der Waals surface area contributed by atoms with Crippen molar-refractivity contribution in [1.29, 1.82) is 0 Å². The van der Waals surface area contributed by atoms with Gasteiger partial charge in [0.2, 0.25) is 0 Å². The zero-order valence-electron chi connectivity index (χ0n) is 21.0. The highest BCUT2D eigenvalue weighted by atomic mass is 19.1. The molecule has 15 nitrogen and oxygen atoms in total. The van der Waals surface area contributed by atoms with Crippen molar-refractivity contribution < 1.29 is 47.2 Å². The number of carbonyl (C=O) groups excluding carboxylic acids is 2. The number of ether oxygens (including phenoxy) is 3. The number of aryl methyl sites for hydroxylation is 1. The van der Waals surface area contributed by atoms with Crippen LogP contribution >= 0.6 is 0 Å². The van der Waals surface area contributed by atoms with E-state index in [0.717, 1.165) is 0 Å². The molecular formula is C23H24FN5O10. The van der Waals surface area contributed by atoms with Gasteiger partial charge in [0.25, 0.3) is 0 Å². The van der Waals surface area contributed by atoms with Gasteiger partial charge in [-0.1, -0.05) is 5.92 Å². The topological polar surface area (TPSA) is 201 Å². The maximum atomic E-state index is 14.3. The highest BCUT2D eigenvalue weighted by molar-refractivity contribution is 5.93. The van der Waals surface area contributed by atoms with E-state index in [1.807, 2.05) is 0 Å². The van der Waals surface area contributed by atoms with Crippen molar-refractivity contribution in [3.8, 4) is 12.3 Å². The fraction of sp³-hybridized carbons (Fsp3) is 0.478. The quantitative estimate of drug-likeness (QED) is 0.204. The Hall–Kier alpha value is -4.33. The van der Waals surface area contributed by atoms with E-state index in [9.17, 15) is 29.0 Å². The van der Waals surface area contributed by atoms with Gasteiger partial charge in [0.1, 0.15) is 17.9 Å². The summed E-state index contributed by atoms with van der Waals surface area (Å²) in [5.41, 5.74) is -3.17. The summed E-state index contributed by atoms with van der Waals surface area (Å²) in [5.74, 6) is 0.390. The second-order valence-corrected chi connectivity index (χ2v) is 9.23. The van der Waals surface area contributed by atoms with Gasteiger partial charge in [0, 0.05) is 6.42 Å². The molecule has 3 aromatic heterocycles. The molecule has 0 unspecified atom stereocenters. The highest BCUT2D eigenvalue weighted by Gasteiger charge is 2.48. The van der Waals surface area contributed by atoms with Gasteiger partial charge >= 0.3 is 24.0 Å². The molecule has 0 saturated carbocycles. The number of aromatic nitrogens is 4. The van der Waals surface area contributed by atoms with Crippen molar-refractivity contribution in [2.45, 2.75) is 63.8 Å². The Morgan fingerprint density at radius 3 is 2.74 bits per heavy atom. The molecule has 16 heteroatoms. The Morgan fingerprint density at radius 1 is 1.38 bits per heavy atom. The summed E-state index contributed by atoms with van der Waals surface area (Å²) in [4.78, 5) is 47.3. The minimum Gasteiger partial charge on any atom is -0.457 e. The smallest absolute Gasteiger partial charge is 0.457 e. The van der Waals surface area contributed by atoms with Gasteiger partial charge in [-0.25, -0.2) is 14.6 Å². The number of amides is 1. The number of imidazole rings is 1. The molecule has 4 heterocycles. The number of terminal acetylenes is 1. The SMILES string of the molecule is C#C[C@]1(CO)O[C@@H](n2cnc3c(NC(=O)OC(C)(C)CC(=O)OCc4oc(=O)oc4C)nc(F)nc32)C[C@@H]1O. The van der Waals surface area contributed by atoms with E-state index in [1.165, 1.54) is 31.7 Å². The molecule has 208 valence electrons. The second-order valence-electron chi connectivity index (χ2n) is 9.23. The molecular weight excluding hydrogens is 525 g/mol. The van der Waals surface area contributed by atoms with E-state index in [-0.39, 0.29) is 48.0 Å². The first-order valence-corrected chi connectivity index (χ1v) is 11.5. The number of hydrogen-bond acceptors (Lipinski definition) is 13. The van der Waals surface area contributed by atoms with Crippen LogP contribution in [0.3, 0.4) is 0 Å². The van der Waals surface area contributed by atoms with Crippen molar-refractivity contribution in [3.63, 3.8) is 0 Å². The van der Waals surface area contributed by atoms with Gasteiger partial charge in [0.05, 0.1) is 19.4 Å². The van der Waals surface area contributed by atoms with Gasteiger partial charge in [-0.15, -0.1) is 6.42 Å². The molecule has 1 fully saturated rings. The zero-order chi connectivity index (χ0) is 28.5. The molecule has 3 atom stereocenters. The third-order valence-corrected chi connectivity index (χ3v) is 5.85. The Morgan fingerprint density at radius 2 is 2.13 bits per heavy atom. The summed E-state index contributed by atoms with van der Waals surface area (Å²) >= 11 is 0. The van der Waals surface area contributed by atoms with Gasteiger partial charge in [-0.3, -0.25) is 14.7 Å². The normalized spacial score (nSPS) is 21.1. The van der Waals surface area contributed by atoms with Crippen molar-refractivity contribution in [1.82, 2.24) is 19.5 Å². The Kier molecular flexibility index (Phi) is 7.41. The number of rotatable bonds is 8. The van der Waals surface area contributed by atoms with Gasteiger partial charge in [0.15, 0.2) is 40.7 Å². The van der Waals surface area contributed by atoms with Crippen LogP contribution in [0.5, 0.6) is 0 Å². The van der Waals surface area contributed by atoms with Crippen LogP contribution in [-0.4, -0.2) is 65.7 Å². The van der Waals surface area contributed by atoms with Crippen LogP contribution in [0.4, 0.5) is 15.0 Å². The van der Waals surface area contributed by atoms with Crippen LogP contribution in [0.15, 0.2) is 20.0 Å². The van der Waals surface area contributed by atoms with E-state index in [2.05, 4.69) is 30.6 Å². The van der Waals surface area contributed by atoms with E-state index in [0.29, 0.717) is 0 Å². The lowest BCUT2D eigenvalue weighted by Crippen LogP contribution is -2.41. The van der Waals surface area contributed by atoms with Crippen molar-refractivity contribution in [2.24, 2.45) is 0 Å². The van der Waals surface area contributed by atoms with Crippen LogP contribution in [0.1, 0.15) is 44.4 Å². The number of nitrogens with zero attached hydrogens (tertiary/aromatic N) is 4. The molecule has 3 aromatic rings. The summed E-state index contributed by atoms with van der Waals surface area (Å²) in [6.07, 6.45) is 1.73. The van der Waals surface area contributed by atoms with Crippen LogP contribution < -0.4 is 11.1 Å². The van der Waals surface area contributed by atoms with Gasteiger partial charge < -0.3 is 33.3 Å². The average Bonchev–Trinajstić information content (AvgIpc) is 3.51. The predicted octanol–water partition coefficient (Wildman–Crippen LogP) is 0.925. The first kappa shape index (κ1) is 27.7. The standard InChI is InChI=1S/C23H24FN5O10/c1-5-23(9-30)13(31)6-14(38-23)29-10-25-16-17(26-19(24)28-18(16)29)27-20(33)39-22(3,4)7-15(32)35-8-12-11(2)36-21(34)37-12/h1,10,13-14,30-31H,6-9H2,2-4H3,(H,26,27,28,33)/t13-,14+,23+/m0/s1. The van der Waals surface area contributed by atoms with E-state index < -0.39 is 54.1 Å². The fourth-order valence-corrected chi connectivity index (χ4v) is 3.89. The number of aliphatic hydroxyl groups excluding tert-OH is 2. The van der Waals surface area contributed by atoms with Crippen LogP contribution in [0, 0.1) is 25.3 Å². The molecule has 1 aliphatic heterocycles. The van der Waals surface area contributed by atoms with E-state index in [1.54, 1.807) is 0 Å². The largest absolute Gasteiger partial charge is 0.519 e. The number of anilines is 1. The summed E-state index contributed by atoms with van der Waals surface area (Å²) in [6, 6.07) is 0. The predicted molar refractivity (Wildman–Crippen MR) is 125 cm³/mol. The molecule has 0 aromatic carbocycles. The number of aliphatic hydroxyl groups is 2. The lowest BCUT2D eigenvalue weighted by atomic mass is 9.99. The summed E-state index contributed by atoms with van der Waals surface area (Å²) in [5, 5.41) is 22.2. The average molecular weight is 549 g/mol. The molecule has 39 heavy (non-hydrogen) atoms. The second kappa shape index (κ2) is 10.4. The zero-order valence-corrected chi connectivity index (χ0v) is 21.0. The number of esters is 1. The van der Waals surface area contributed by atoms with Crippen LogP contribution in [-0.2, 0) is 25.6 Å². The van der Waals surface area contributed by atoms with Crippen LogP contribution in [0.2, 0.25) is 0 Å². The molecule has 1 saturated heterocycles. The minimum atomic E-state index is -1.66. The minimum absolute atomic E-state index is 0.0390. The van der Waals surface area contributed by atoms with Crippen molar-refractivity contribution >= 4 is 29.0 Å². The lowest BCUT2D eigenvalue weighted by Gasteiger charge is -2.24. The summed E-state index contributed by atoms with van der Waals surface area (Å²) < 4.78 is 41.0. The Labute approximate surface area is 218 Å². The summed E-state index contributed by atoms with van der Waals surface area (Å²) in [6.45, 7) is 3.32. The lowest BCUT2D eigenvalue weighted by molar-refractivity contribution is -0.149. The van der Waals surface area contributed by atoms with Crippen molar-refractivity contribution in [3.05, 3.63) is 34.5 Å². The third-order valence-electron chi connectivity index (χ3n) is 5.85. The maximum Gasteiger partial charge on any atom is 0.519 e. The highest BCUT2D eigenvalue weighted by Crippen LogP contribution is 2.38. The molecule has 4 rings (SSSR count). The molecule has 1 amide bonds. The molecule has 0 radical (unpaired) electrons. The van der Waals surface area contributed by atoms with Gasteiger partial charge in [-0.2, -0.15) is 14.4 Å². The summed E-state index contributed by atoms with van der Waals surface area (Å²) in [7, 11) is 0. The maximum absolute atomic E-state index is 14.3. The molecule has 0 bridgehead atoms. The van der Waals surface area contributed by atoms with Crippen molar-refractivity contribution in [2.75, 3.05) is 11.9 Å². The molecule has 0 aliphatic carbocycles. The Balaban J connectivity index is 1.43. The molecule has 3 N–H and O–H groups in total. The first-order valence-electron chi connectivity index (χ1n) is 11.5. The van der Waals surface area contributed by atoms with E-state index in [4.69, 9.17) is 25.1 Å². The number of nitrogens with one attached hydrogen (secondary N) is 1. The molecule has 0 spiro atoms. The number of hydrogen-bond donors (Lipinski definition) is 3. The first-order chi connectivity index (χ1) is 18.4. The van der Waals surface area contributed by atoms with E-state index >= 15 is 0 Å². The number of fused-ring (bicyclic) bond motifs is 1. The third kappa shape index (κ3) is 5.74. The fourth-order valence-electron chi connectivity index (χ4n) is 3.89. The van der Waals surface area contributed by atoms with Gasteiger partial charge in [-0.05, 0) is 20.8 Å². The number of carbonyl (C=O) groups is 2. The Bertz CT molecular complexity index is 1500. The monoisotopic (exact) mass is 549 g/mol. The van der Waals surface area contributed by atoms with Crippen LogP contribution in [0.25, 0.3) is 11.2 Å². The number of halogens is 1. The molecule has 1 aliphatic rings.